The summed E-state index contributed by atoms with van der Waals surface area (Å²) in [5, 5.41) is 5.63. The van der Waals surface area contributed by atoms with Crippen molar-refractivity contribution < 1.29 is 14.0 Å². The highest BCUT2D eigenvalue weighted by Crippen LogP contribution is 2.60. The third-order valence-corrected chi connectivity index (χ3v) is 6.66. The Balaban J connectivity index is 1.28. The van der Waals surface area contributed by atoms with Gasteiger partial charge in [0.1, 0.15) is 5.82 Å². The van der Waals surface area contributed by atoms with E-state index >= 15 is 0 Å². The average Bonchev–Trinajstić information content (AvgIpc) is 2.59. The Morgan fingerprint density at radius 1 is 1.08 bits per heavy atom. The Labute approximate surface area is 153 Å². The molecule has 0 radical (unpaired) electrons. The van der Waals surface area contributed by atoms with Crippen LogP contribution < -0.4 is 10.6 Å². The zero-order valence-electron chi connectivity index (χ0n) is 15.3. The van der Waals surface area contributed by atoms with Crippen LogP contribution in [0.15, 0.2) is 18.2 Å². The predicted molar refractivity (Wildman–Crippen MR) is 96.6 cm³/mol. The second-order valence-electron chi connectivity index (χ2n) is 8.74. The Morgan fingerprint density at radius 3 is 2.27 bits per heavy atom. The van der Waals surface area contributed by atoms with Gasteiger partial charge in [-0.05, 0) is 80.4 Å². The number of amides is 2. The van der Waals surface area contributed by atoms with Gasteiger partial charge in [-0.2, -0.15) is 0 Å². The van der Waals surface area contributed by atoms with E-state index in [9.17, 15) is 14.0 Å². The van der Waals surface area contributed by atoms with Gasteiger partial charge in [-0.3, -0.25) is 9.59 Å². The van der Waals surface area contributed by atoms with E-state index < -0.39 is 0 Å². The van der Waals surface area contributed by atoms with Crippen LogP contribution in [-0.4, -0.2) is 18.4 Å². The molecule has 0 unspecified atom stereocenters. The van der Waals surface area contributed by atoms with Crippen molar-refractivity contribution in [3.63, 3.8) is 0 Å². The van der Waals surface area contributed by atoms with Crippen LogP contribution in [0.1, 0.15) is 49.7 Å². The van der Waals surface area contributed by atoms with Gasteiger partial charge in [0.05, 0.1) is 6.54 Å². The summed E-state index contributed by atoms with van der Waals surface area (Å²) in [6.07, 6.45) is 6.86. The lowest BCUT2D eigenvalue weighted by molar-refractivity contribution is -0.147. The van der Waals surface area contributed by atoms with E-state index in [-0.39, 0.29) is 36.1 Å². The van der Waals surface area contributed by atoms with Crippen LogP contribution >= 0.6 is 0 Å². The molecule has 4 aliphatic rings. The molecule has 2 amide bonds. The summed E-state index contributed by atoms with van der Waals surface area (Å²) in [7, 11) is 0. The number of nitrogens with one attached hydrogen (secondary N) is 2. The fourth-order valence-corrected chi connectivity index (χ4v) is 5.75. The molecule has 4 nitrogen and oxygen atoms in total. The monoisotopic (exact) mass is 358 g/mol. The van der Waals surface area contributed by atoms with Crippen LogP contribution in [0.4, 0.5) is 4.39 Å². The maximum absolute atomic E-state index is 13.5. The Kier molecular flexibility index (Phi) is 4.49. The number of carbonyl (C=O) groups excluding carboxylic acids is 2. The molecule has 1 aromatic carbocycles. The van der Waals surface area contributed by atoms with Gasteiger partial charge in [0.15, 0.2) is 0 Å². The molecular weight excluding hydrogens is 331 g/mol. The number of aryl methyl sites for hydroxylation is 1. The molecule has 4 bridgehead atoms. The number of halogens is 1. The maximum Gasteiger partial charge on any atom is 0.239 e. The minimum atomic E-state index is -0.271. The predicted octanol–water partition coefficient (Wildman–Crippen LogP) is 3.08. The van der Waals surface area contributed by atoms with Crippen molar-refractivity contribution >= 4 is 11.8 Å². The molecule has 0 saturated heterocycles. The van der Waals surface area contributed by atoms with E-state index in [1.165, 1.54) is 25.3 Å². The van der Waals surface area contributed by atoms with Crippen molar-refractivity contribution in [2.45, 2.75) is 52.0 Å². The van der Waals surface area contributed by atoms with Crippen molar-refractivity contribution in [1.82, 2.24) is 10.6 Å². The van der Waals surface area contributed by atoms with Crippen LogP contribution in [0.2, 0.25) is 0 Å². The summed E-state index contributed by atoms with van der Waals surface area (Å²) in [5.41, 5.74) is 1.08. The van der Waals surface area contributed by atoms with Gasteiger partial charge in [0.2, 0.25) is 11.8 Å². The molecule has 5 rings (SSSR count). The summed E-state index contributed by atoms with van der Waals surface area (Å²) in [6, 6.07) is 4.93. The van der Waals surface area contributed by atoms with Crippen molar-refractivity contribution in [3.05, 3.63) is 35.1 Å². The topological polar surface area (TPSA) is 58.2 Å². The van der Waals surface area contributed by atoms with Crippen LogP contribution in [0.25, 0.3) is 0 Å². The molecule has 5 heteroatoms. The van der Waals surface area contributed by atoms with Gasteiger partial charge < -0.3 is 10.6 Å². The maximum atomic E-state index is 13.5. The zero-order valence-corrected chi connectivity index (χ0v) is 15.3. The average molecular weight is 358 g/mol. The Bertz CT molecular complexity index is 695. The van der Waals surface area contributed by atoms with E-state index in [1.807, 2.05) is 0 Å². The van der Waals surface area contributed by atoms with E-state index in [0.717, 1.165) is 19.3 Å². The molecule has 0 spiro atoms. The van der Waals surface area contributed by atoms with Crippen molar-refractivity contribution in [1.29, 1.82) is 0 Å². The van der Waals surface area contributed by atoms with Crippen LogP contribution in [0, 0.1) is 35.9 Å². The summed E-state index contributed by atoms with van der Waals surface area (Å²) in [6.45, 7) is 1.97. The molecule has 4 aliphatic carbocycles. The highest BCUT2D eigenvalue weighted by molar-refractivity contribution is 5.88. The molecule has 2 N–H and O–H groups in total. The normalized spacial score (nSPS) is 31.7. The number of benzene rings is 1. The third-order valence-electron chi connectivity index (χ3n) is 6.66. The molecule has 4 fully saturated rings. The molecule has 1 aromatic rings. The molecular formula is C21H27FN2O2. The molecule has 26 heavy (non-hydrogen) atoms. The van der Waals surface area contributed by atoms with E-state index in [4.69, 9.17) is 0 Å². The van der Waals surface area contributed by atoms with Crippen molar-refractivity contribution in [2.24, 2.45) is 23.2 Å². The lowest BCUT2D eigenvalue weighted by atomic mass is 9.49. The number of rotatable bonds is 5. The number of hydrogen-bond donors (Lipinski definition) is 2. The number of hydrogen-bond acceptors (Lipinski definition) is 2. The van der Waals surface area contributed by atoms with Gasteiger partial charge in [-0.25, -0.2) is 4.39 Å². The Morgan fingerprint density at radius 2 is 1.69 bits per heavy atom. The first-order valence-electron chi connectivity index (χ1n) is 9.73. The van der Waals surface area contributed by atoms with Gasteiger partial charge >= 0.3 is 0 Å². The molecule has 0 aromatic heterocycles. The Hall–Kier alpha value is -1.91. The summed E-state index contributed by atoms with van der Waals surface area (Å²) in [5.74, 6) is 1.68. The molecule has 0 aliphatic heterocycles. The molecule has 0 atom stereocenters. The minimum absolute atomic E-state index is 0.00503. The summed E-state index contributed by atoms with van der Waals surface area (Å²) >= 11 is 0. The van der Waals surface area contributed by atoms with Gasteiger partial charge in [0.25, 0.3) is 0 Å². The summed E-state index contributed by atoms with van der Waals surface area (Å²) in [4.78, 5) is 24.9. The van der Waals surface area contributed by atoms with Crippen LogP contribution in [0.3, 0.4) is 0 Å². The van der Waals surface area contributed by atoms with Crippen LogP contribution in [-0.2, 0) is 16.1 Å². The lowest BCUT2D eigenvalue weighted by Crippen LogP contribution is -2.54. The molecule has 4 saturated carbocycles. The SMILES string of the molecule is Cc1ccc(CNC(=O)CNC(=O)C23CC4CC(CC(C4)C2)C3)cc1F. The first-order valence-corrected chi connectivity index (χ1v) is 9.73. The van der Waals surface area contributed by atoms with E-state index in [2.05, 4.69) is 10.6 Å². The van der Waals surface area contributed by atoms with Crippen molar-refractivity contribution in [2.75, 3.05) is 6.54 Å². The lowest BCUT2D eigenvalue weighted by Gasteiger charge is -2.55. The van der Waals surface area contributed by atoms with E-state index in [1.54, 1.807) is 19.1 Å². The molecule has 140 valence electrons. The highest BCUT2D eigenvalue weighted by atomic mass is 19.1. The van der Waals surface area contributed by atoms with Gasteiger partial charge in [0, 0.05) is 12.0 Å². The quantitative estimate of drug-likeness (QED) is 0.850. The van der Waals surface area contributed by atoms with Crippen LogP contribution in [0.5, 0.6) is 0 Å². The minimum Gasteiger partial charge on any atom is -0.350 e. The largest absolute Gasteiger partial charge is 0.350 e. The first-order chi connectivity index (χ1) is 12.4. The first kappa shape index (κ1) is 17.5. The standard InChI is InChI=1S/C21H27FN2O2/c1-13-2-3-14(7-18(13)22)11-23-19(25)12-24-20(26)21-8-15-4-16(9-21)6-17(5-15)10-21/h2-3,7,15-17H,4-6,8-12H2,1H3,(H,23,25)(H,24,26). The third kappa shape index (κ3) is 3.36. The van der Waals surface area contributed by atoms with E-state index in [0.29, 0.717) is 28.9 Å². The molecule has 0 heterocycles. The fourth-order valence-electron chi connectivity index (χ4n) is 5.75. The van der Waals surface area contributed by atoms with Gasteiger partial charge in [-0.15, -0.1) is 0 Å². The highest BCUT2D eigenvalue weighted by Gasteiger charge is 2.54. The second kappa shape index (κ2) is 6.67. The summed E-state index contributed by atoms with van der Waals surface area (Å²) < 4.78 is 13.5. The zero-order chi connectivity index (χ0) is 18.3. The van der Waals surface area contributed by atoms with Crippen molar-refractivity contribution in [3.8, 4) is 0 Å². The van der Waals surface area contributed by atoms with Gasteiger partial charge in [-0.1, -0.05) is 12.1 Å². The number of carbonyl (C=O) groups is 2. The second-order valence-corrected chi connectivity index (χ2v) is 8.74. The fraction of sp³-hybridized carbons (Fsp3) is 0.619. The smallest absolute Gasteiger partial charge is 0.239 e.